The molecule has 0 radical (unpaired) electrons. The van der Waals surface area contributed by atoms with Crippen LogP contribution in [0.25, 0.3) is 0 Å². The molecule has 0 amide bonds. The molecule has 0 fully saturated rings. The summed E-state index contributed by atoms with van der Waals surface area (Å²) in [4.78, 5) is 0. The molecular weight excluding hydrogens is 284 g/mol. The minimum Gasteiger partial charge on any atom is -0.379 e. The van der Waals surface area contributed by atoms with Crippen LogP contribution in [-0.2, 0) is 11.8 Å². The third-order valence-electron chi connectivity index (χ3n) is 2.43. The van der Waals surface area contributed by atoms with Gasteiger partial charge in [-0.2, -0.15) is 0 Å². The number of rotatable bonds is 8. The monoisotopic (exact) mass is 304 g/mol. The summed E-state index contributed by atoms with van der Waals surface area (Å²) in [6, 6.07) is 0.135. The van der Waals surface area contributed by atoms with Gasteiger partial charge in [-0.1, -0.05) is 19.1 Å². The van der Waals surface area contributed by atoms with Gasteiger partial charge in [0.25, 0.3) is 0 Å². The highest BCUT2D eigenvalue weighted by atomic mass is 79.9. The van der Waals surface area contributed by atoms with E-state index in [1.54, 1.807) is 4.68 Å². The van der Waals surface area contributed by atoms with Crippen molar-refractivity contribution in [2.24, 2.45) is 7.05 Å². The van der Waals surface area contributed by atoms with Gasteiger partial charge in [0.2, 0.25) is 0 Å². The van der Waals surface area contributed by atoms with Crippen LogP contribution >= 0.6 is 15.9 Å². The second-order valence-electron chi connectivity index (χ2n) is 3.97. The Labute approximate surface area is 111 Å². The van der Waals surface area contributed by atoms with E-state index >= 15 is 0 Å². The van der Waals surface area contributed by atoms with Crippen molar-refractivity contribution in [2.75, 3.05) is 19.8 Å². The van der Waals surface area contributed by atoms with Crippen LogP contribution in [0.5, 0.6) is 0 Å². The third-order valence-corrected chi connectivity index (χ3v) is 3.00. The third kappa shape index (κ3) is 4.37. The maximum absolute atomic E-state index is 5.62. The number of hydrogen-bond donors (Lipinski definition) is 1. The molecule has 1 rings (SSSR count). The number of nitrogens with one attached hydrogen (secondary N) is 1. The van der Waals surface area contributed by atoms with E-state index in [9.17, 15) is 0 Å². The van der Waals surface area contributed by atoms with E-state index in [1.807, 2.05) is 7.05 Å². The van der Waals surface area contributed by atoms with Gasteiger partial charge in [0.05, 0.1) is 18.3 Å². The molecule has 0 aromatic carbocycles. The Balaban J connectivity index is 2.67. The lowest BCUT2D eigenvalue weighted by Crippen LogP contribution is -2.28. The van der Waals surface area contributed by atoms with Gasteiger partial charge in [0.1, 0.15) is 0 Å². The fourth-order valence-electron chi connectivity index (χ4n) is 1.61. The topological polar surface area (TPSA) is 52.0 Å². The minimum atomic E-state index is 0.135. The Bertz CT molecular complexity index is 310. The lowest BCUT2D eigenvalue weighted by molar-refractivity contribution is 0.109. The molecule has 98 valence electrons. The van der Waals surface area contributed by atoms with E-state index in [0.717, 1.165) is 36.3 Å². The molecule has 0 saturated heterocycles. The van der Waals surface area contributed by atoms with Crippen molar-refractivity contribution in [2.45, 2.75) is 32.7 Å². The second kappa shape index (κ2) is 7.79. The van der Waals surface area contributed by atoms with Crippen LogP contribution in [-0.4, -0.2) is 34.8 Å². The molecule has 1 heterocycles. The molecule has 1 aromatic rings. The van der Waals surface area contributed by atoms with Crippen molar-refractivity contribution >= 4 is 15.9 Å². The molecule has 1 atom stereocenters. The van der Waals surface area contributed by atoms with Gasteiger partial charge in [-0.25, -0.2) is 4.68 Å². The van der Waals surface area contributed by atoms with Crippen molar-refractivity contribution in [3.8, 4) is 0 Å². The van der Waals surface area contributed by atoms with Gasteiger partial charge in [0.15, 0.2) is 4.60 Å². The maximum Gasteiger partial charge on any atom is 0.153 e. The van der Waals surface area contributed by atoms with Crippen LogP contribution in [0.4, 0.5) is 0 Å². The van der Waals surface area contributed by atoms with Crippen LogP contribution in [0.1, 0.15) is 38.4 Å². The fourth-order valence-corrected chi connectivity index (χ4v) is 2.21. The summed E-state index contributed by atoms with van der Waals surface area (Å²) in [5, 5.41) is 11.5. The van der Waals surface area contributed by atoms with Crippen molar-refractivity contribution in [1.82, 2.24) is 20.3 Å². The molecule has 0 saturated carbocycles. The summed E-state index contributed by atoms with van der Waals surface area (Å²) < 4.78 is 8.19. The molecule has 0 aliphatic heterocycles. The highest BCUT2D eigenvalue weighted by Crippen LogP contribution is 2.20. The van der Waals surface area contributed by atoms with Gasteiger partial charge < -0.3 is 10.1 Å². The van der Waals surface area contributed by atoms with Crippen molar-refractivity contribution < 1.29 is 4.74 Å². The summed E-state index contributed by atoms with van der Waals surface area (Å²) in [5.74, 6) is 0. The van der Waals surface area contributed by atoms with Crippen LogP contribution in [0, 0.1) is 0 Å². The zero-order chi connectivity index (χ0) is 12.7. The summed E-state index contributed by atoms with van der Waals surface area (Å²) in [6.45, 7) is 6.64. The van der Waals surface area contributed by atoms with Crippen molar-refractivity contribution in [3.63, 3.8) is 0 Å². The van der Waals surface area contributed by atoms with Crippen LogP contribution in [0.15, 0.2) is 4.60 Å². The first kappa shape index (κ1) is 14.6. The summed E-state index contributed by atoms with van der Waals surface area (Å²) in [5.41, 5.74) is 1.04. The molecule has 1 N–H and O–H groups in total. The van der Waals surface area contributed by atoms with E-state index in [4.69, 9.17) is 4.74 Å². The molecule has 6 heteroatoms. The Morgan fingerprint density at radius 1 is 1.41 bits per heavy atom. The van der Waals surface area contributed by atoms with E-state index in [-0.39, 0.29) is 6.04 Å². The molecule has 0 spiro atoms. The quantitative estimate of drug-likeness (QED) is 0.747. The largest absolute Gasteiger partial charge is 0.379 e. The van der Waals surface area contributed by atoms with Gasteiger partial charge in [-0.05, 0) is 35.3 Å². The summed E-state index contributed by atoms with van der Waals surface area (Å²) in [6.07, 6.45) is 2.12. The molecular formula is C11H21BrN4O. The van der Waals surface area contributed by atoms with Gasteiger partial charge in [-0.3, -0.25) is 0 Å². The SMILES string of the molecule is CCCNC(COCCC)c1c(Br)nnn1C. The maximum atomic E-state index is 5.62. The Morgan fingerprint density at radius 3 is 2.71 bits per heavy atom. The van der Waals surface area contributed by atoms with Crippen molar-refractivity contribution in [3.05, 3.63) is 10.3 Å². The van der Waals surface area contributed by atoms with Gasteiger partial charge >= 0.3 is 0 Å². The van der Waals surface area contributed by atoms with E-state index in [0.29, 0.717) is 6.61 Å². The predicted molar refractivity (Wildman–Crippen MR) is 70.8 cm³/mol. The number of halogens is 1. The van der Waals surface area contributed by atoms with E-state index in [1.165, 1.54) is 0 Å². The Kier molecular flexibility index (Phi) is 6.69. The first-order valence-electron chi connectivity index (χ1n) is 6.06. The Morgan fingerprint density at radius 2 is 2.18 bits per heavy atom. The minimum absolute atomic E-state index is 0.135. The molecule has 0 bridgehead atoms. The number of ether oxygens (including phenoxy) is 1. The first-order chi connectivity index (χ1) is 8.20. The average Bonchev–Trinajstić information content (AvgIpc) is 2.64. The van der Waals surface area contributed by atoms with E-state index < -0.39 is 0 Å². The second-order valence-corrected chi connectivity index (χ2v) is 4.72. The van der Waals surface area contributed by atoms with Crippen LogP contribution in [0.3, 0.4) is 0 Å². The molecule has 1 aromatic heterocycles. The lowest BCUT2D eigenvalue weighted by Gasteiger charge is -2.18. The lowest BCUT2D eigenvalue weighted by atomic mass is 10.2. The van der Waals surface area contributed by atoms with E-state index in [2.05, 4.69) is 45.4 Å². The molecule has 0 aliphatic rings. The number of hydrogen-bond acceptors (Lipinski definition) is 4. The number of aryl methyl sites for hydroxylation is 1. The van der Waals surface area contributed by atoms with Crippen LogP contribution in [0.2, 0.25) is 0 Å². The summed E-state index contributed by atoms with van der Waals surface area (Å²) >= 11 is 3.43. The Hall–Kier alpha value is -0.460. The fraction of sp³-hybridized carbons (Fsp3) is 0.818. The predicted octanol–water partition coefficient (Wildman–Crippen LogP) is 2.04. The zero-order valence-corrected chi connectivity index (χ0v) is 12.3. The molecule has 0 aliphatic carbocycles. The standard InChI is InChI=1S/C11H21BrN4O/c1-4-6-13-9(8-17-7-5-2)10-11(12)14-15-16(10)3/h9,13H,4-8H2,1-3H3. The zero-order valence-electron chi connectivity index (χ0n) is 10.7. The van der Waals surface area contributed by atoms with Gasteiger partial charge in [-0.15, -0.1) is 5.10 Å². The highest BCUT2D eigenvalue weighted by Gasteiger charge is 2.19. The van der Waals surface area contributed by atoms with Crippen LogP contribution < -0.4 is 5.32 Å². The normalized spacial score (nSPS) is 12.9. The molecule has 5 nitrogen and oxygen atoms in total. The van der Waals surface area contributed by atoms with Gasteiger partial charge in [0, 0.05) is 13.7 Å². The number of aromatic nitrogens is 3. The molecule has 17 heavy (non-hydrogen) atoms. The number of nitrogens with zero attached hydrogens (tertiary/aromatic N) is 3. The smallest absolute Gasteiger partial charge is 0.153 e. The highest BCUT2D eigenvalue weighted by molar-refractivity contribution is 9.10. The first-order valence-corrected chi connectivity index (χ1v) is 6.86. The van der Waals surface area contributed by atoms with Crippen molar-refractivity contribution in [1.29, 1.82) is 0 Å². The average molecular weight is 305 g/mol. The summed E-state index contributed by atoms with van der Waals surface area (Å²) in [7, 11) is 1.90. The molecule has 1 unspecified atom stereocenters.